The van der Waals surface area contributed by atoms with E-state index in [9.17, 15) is 8.42 Å². The van der Waals surface area contributed by atoms with Gasteiger partial charge in [-0.1, -0.05) is 36.8 Å². The van der Waals surface area contributed by atoms with E-state index in [1.165, 1.54) is 0 Å². The third kappa shape index (κ3) is 7.08. The fourth-order valence-corrected chi connectivity index (χ4v) is 5.19. The number of halogens is 1. The van der Waals surface area contributed by atoms with Crippen LogP contribution in [0.15, 0.2) is 58.4 Å². The number of piperidine rings is 1. The summed E-state index contributed by atoms with van der Waals surface area (Å²) in [5, 5.41) is 6.54. The van der Waals surface area contributed by atoms with Crippen LogP contribution in [-0.2, 0) is 23.1 Å². The van der Waals surface area contributed by atoms with E-state index in [1.807, 2.05) is 37.3 Å². The van der Waals surface area contributed by atoms with E-state index >= 15 is 0 Å². The molecule has 1 fully saturated rings. The van der Waals surface area contributed by atoms with E-state index in [0.717, 1.165) is 36.1 Å². The number of ether oxygens (including phenoxy) is 1. The number of aliphatic imine (C=N–C) groups is 1. The number of rotatable bonds is 8. The van der Waals surface area contributed by atoms with E-state index in [0.29, 0.717) is 43.6 Å². The quantitative estimate of drug-likeness (QED) is 0.286. The molecular formula is C23H33IN4O3S. The Labute approximate surface area is 208 Å². The van der Waals surface area contributed by atoms with Crippen molar-refractivity contribution in [2.75, 3.05) is 26.7 Å². The summed E-state index contributed by atoms with van der Waals surface area (Å²) in [6.45, 7) is 4.81. The van der Waals surface area contributed by atoms with Gasteiger partial charge >= 0.3 is 0 Å². The van der Waals surface area contributed by atoms with Crippen LogP contribution in [0.1, 0.15) is 37.3 Å². The third-order valence-electron chi connectivity index (χ3n) is 5.25. The van der Waals surface area contributed by atoms with E-state index in [-0.39, 0.29) is 24.0 Å². The van der Waals surface area contributed by atoms with Gasteiger partial charge in [-0.2, -0.15) is 4.31 Å². The van der Waals surface area contributed by atoms with Gasteiger partial charge in [-0.05, 0) is 43.5 Å². The van der Waals surface area contributed by atoms with Gasteiger partial charge in [0.05, 0.1) is 11.5 Å². The molecule has 0 spiro atoms. The molecule has 176 valence electrons. The Bertz CT molecular complexity index is 992. The first-order chi connectivity index (χ1) is 15.0. The number of guanidine groups is 1. The predicted octanol–water partition coefficient (Wildman–Crippen LogP) is 3.74. The van der Waals surface area contributed by atoms with Gasteiger partial charge in [0.15, 0.2) is 5.96 Å². The zero-order valence-corrected chi connectivity index (χ0v) is 21.9. The molecule has 32 heavy (non-hydrogen) atoms. The second kappa shape index (κ2) is 13.0. The molecule has 9 heteroatoms. The molecular weight excluding hydrogens is 539 g/mol. The Morgan fingerprint density at radius 3 is 2.47 bits per heavy atom. The standard InChI is InChI=1S/C23H32N4O3S.HI/c1-3-30-22-13-6-5-11-20(22)18-26-23(24-2)25-17-19-10-9-12-21(16-19)31(28,29)27-14-7-4-8-15-27;/h5-6,9-13,16H,3-4,7-8,14-15,17-18H2,1-2H3,(H2,24,25,26);1H. The van der Waals surface area contributed by atoms with E-state index in [4.69, 9.17) is 4.74 Å². The zero-order valence-electron chi connectivity index (χ0n) is 18.7. The van der Waals surface area contributed by atoms with Crippen LogP contribution in [0.3, 0.4) is 0 Å². The summed E-state index contributed by atoms with van der Waals surface area (Å²) < 4.78 is 33.1. The topological polar surface area (TPSA) is 83.0 Å². The Hall–Kier alpha value is -1.85. The number of benzene rings is 2. The minimum Gasteiger partial charge on any atom is -0.494 e. The highest BCUT2D eigenvalue weighted by Crippen LogP contribution is 2.21. The first-order valence-electron chi connectivity index (χ1n) is 10.8. The number of hydrogen-bond acceptors (Lipinski definition) is 4. The van der Waals surface area contributed by atoms with E-state index in [2.05, 4.69) is 15.6 Å². The molecule has 0 atom stereocenters. The fourth-order valence-electron chi connectivity index (χ4n) is 3.60. The summed E-state index contributed by atoms with van der Waals surface area (Å²) in [7, 11) is -1.73. The Morgan fingerprint density at radius 1 is 1.03 bits per heavy atom. The molecule has 2 N–H and O–H groups in total. The summed E-state index contributed by atoms with van der Waals surface area (Å²) in [6.07, 6.45) is 2.95. The van der Waals surface area contributed by atoms with Gasteiger partial charge < -0.3 is 15.4 Å². The molecule has 0 amide bonds. The van der Waals surface area contributed by atoms with Crippen LogP contribution < -0.4 is 15.4 Å². The van der Waals surface area contributed by atoms with Crippen molar-refractivity contribution in [3.05, 3.63) is 59.7 Å². The van der Waals surface area contributed by atoms with Crippen LogP contribution in [-0.4, -0.2) is 45.4 Å². The van der Waals surface area contributed by atoms with Crippen molar-refractivity contribution in [1.29, 1.82) is 0 Å². The van der Waals surface area contributed by atoms with Gasteiger partial charge in [0, 0.05) is 38.8 Å². The van der Waals surface area contributed by atoms with Crippen molar-refractivity contribution in [3.8, 4) is 5.75 Å². The maximum absolute atomic E-state index is 12.9. The first kappa shape index (κ1) is 26.4. The van der Waals surface area contributed by atoms with Crippen LogP contribution in [0.4, 0.5) is 0 Å². The van der Waals surface area contributed by atoms with Crippen LogP contribution in [0, 0.1) is 0 Å². The number of nitrogens with one attached hydrogen (secondary N) is 2. The van der Waals surface area contributed by atoms with E-state index in [1.54, 1.807) is 29.6 Å². The van der Waals surface area contributed by atoms with Crippen molar-refractivity contribution in [3.63, 3.8) is 0 Å². The average Bonchev–Trinajstić information content (AvgIpc) is 2.81. The number of para-hydroxylation sites is 1. The van der Waals surface area contributed by atoms with Crippen molar-refractivity contribution in [2.45, 2.75) is 44.2 Å². The third-order valence-corrected chi connectivity index (χ3v) is 7.15. The lowest BCUT2D eigenvalue weighted by Gasteiger charge is -2.26. The Balaban J connectivity index is 0.00000363. The minimum absolute atomic E-state index is 0. The second-order valence-electron chi connectivity index (χ2n) is 7.43. The normalized spacial score (nSPS) is 15.0. The van der Waals surface area contributed by atoms with Gasteiger partial charge in [0.1, 0.15) is 5.75 Å². The van der Waals surface area contributed by atoms with Crippen molar-refractivity contribution < 1.29 is 13.2 Å². The average molecular weight is 573 g/mol. The van der Waals surface area contributed by atoms with Crippen LogP contribution in [0.25, 0.3) is 0 Å². The summed E-state index contributed by atoms with van der Waals surface area (Å²) in [5.74, 6) is 1.49. The minimum atomic E-state index is -3.44. The molecule has 0 bridgehead atoms. The van der Waals surface area contributed by atoms with Gasteiger partial charge in [-0.3, -0.25) is 4.99 Å². The van der Waals surface area contributed by atoms with E-state index < -0.39 is 10.0 Å². The Morgan fingerprint density at radius 2 is 1.75 bits per heavy atom. The van der Waals surface area contributed by atoms with Gasteiger partial charge in [-0.15, -0.1) is 24.0 Å². The number of sulfonamides is 1. The maximum Gasteiger partial charge on any atom is 0.243 e. The molecule has 3 rings (SSSR count). The maximum atomic E-state index is 12.9. The molecule has 2 aromatic rings. The lowest BCUT2D eigenvalue weighted by molar-refractivity contribution is 0.336. The van der Waals surface area contributed by atoms with Crippen LogP contribution in [0.5, 0.6) is 5.75 Å². The number of nitrogens with zero attached hydrogens (tertiary/aromatic N) is 2. The zero-order chi connectivity index (χ0) is 22.1. The van der Waals surface area contributed by atoms with Crippen molar-refractivity contribution in [1.82, 2.24) is 14.9 Å². The van der Waals surface area contributed by atoms with Crippen LogP contribution >= 0.6 is 24.0 Å². The smallest absolute Gasteiger partial charge is 0.243 e. The number of hydrogen-bond donors (Lipinski definition) is 2. The summed E-state index contributed by atoms with van der Waals surface area (Å²) in [6, 6.07) is 15.0. The SMILES string of the molecule is CCOc1ccccc1CNC(=NC)NCc1cccc(S(=O)(=O)N2CCCCC2)c1.I. The summed E-state index contributed by atoms with van der Waals surface area (Å²) >= 11 is 0. The van der Waals surface area contributed by atoms with Gasteiger partial charge in [0.2, 0.25) is 10.0 Å². The molecule has 1 aliphatic heterocycles. The Kier molecular flexibility index (Phi) is 10.7. The van der Waals surface area contributed by atoms with Crippen molar-refractivity contribution >= 4 is 40.0 Å². The molecule has 0 aliphatic carbocycles. The molecule has 1 saturated heterocycles. The molecule has 7 nitrogen and oxygen atoms in total. The predicted molar refractivity (Wildman–Crippen MR) is 139 cm³/mol. The second-order valence-corrected chi connectivity index (χ2v) is 9.37. The highest BCUT2D eigenvalue weighted by atomic mass is 127. The summed E-state index contributed by atoms with van der Waals surface area (Å²) in [4.78, 5) is 4.61. The van der Waals surface area contributed by atoms with Crippen molar-refractivity contribution in [2.24, 2.45) is 4.99 Å². The lowest BCUT2D eigenvalue weighted by atomic mass is 10.2. The lowest BCUT2D eigenvalue weighted by Crippen LogP contribution is -2.37. The van der Waals surface area contributed by atoms with Gasteiger partial charge in [-0.25, -0.2) is 8.42 Å². The highest BCUT2D eigenvalue weighted by molar-refractivity contribution is 14.0. The fraction of sp³-hybridized carbons (Fsp3) is 0.435. The monoisotopic (exact) mass is 572 g/mol. The van der Waals surface area contributed by atoms with Crippen LogP contribution in [0.2, 0.25) is 0 Å². The molecule has 1 aliphatic rings. The molecule has 1 heterocycles. The molecule has 0 saturated carbocycles. The van der Waals surface area contributed by atoms with Gasteiger partial charge in [0.25, 0.3) is 0 Å². The first-order valence-corrected chi connectivity index (χ1v) is 12.2. The molecule has 0 unspecified atom stereocenters. The largest absolute Gasteiger partial charge is 0.494 e. The molecule has 2 aromatic carbocycles. The highest BCUT2D eigenvalue weighted by Gasteiger charge is 2.25. The molecule has 0 radical (unpaired) electrons. The molecule has 0 aromatic heterocycles. The summed E-state index contributed by atoms with van der Waals surface area (Å²) in [5.41, 5.74) is 1.93.